The number of rotatable bonds is 4. The topological polar surface area (TPSA) is 78.4 Å². The summed E-state index contributed by atoms with van der Waals surface area (Å²) in [5.74, 6) is -0.651. The number of piperidine rings is 1. The molecule has 3 N–H and O–H groups in total. The molecular formula is C11H20N2O3. The molecule has 0 spiro atoms. The summed E-state index contributed by atoms with van der Waals surface area (Å²) in [5.41, 5.74) is 0. The maximum Gasteiger partial charge on any atom is 0.326 e. The molecule has 0 radical (unpaired) electrons. The third-order valence-electron chi connectivity index (χ3n) is 3.01. The highest BCUT2D eigenvalue weighted by Crippen LogP contribution is 2.15. The molecule has 0 bridgehead atoms. The smallest absolute Gasteiger partial charge is 0.326 e. The molecule has 1 aliphatic heterocycles. The van der Waals surface area contributed by atoms with E-state index in [-0.39, 0.29) is 11.9 Å². The molecule has 0 saturated carbocycles. The van der Waals surface area contributed by atoms with E-state index in [1.54, 1.807) is 6.92 Å². The molecule has 92 valence electrons. The van der Waals surface area contributed by atoms with Gasteiger partial charge in [-0.1, -0.05) is 13.8 Å². The summed E-state index contributed by atoms with van der Waals surface area (Å²) in [6.45, 7) is 4.68. The molecule has 5 nitrogen and oxygen atoms in total. The van der Waals surface area contributed by atoms with Gasteiger partial charge in [0.2, 0.25) is 5.91 Å². The van der Waals surface area contributed by atoms with Gasteiger partial charge in [0.05, 0.1) is 6.04 Å². The Hall–Kier alpha value is -1.10. The van der Waals surface area contributed by atoms with Gasteiger partial charge in [0, 0.05) is 0 Å². The Morgan fingerprint density at radius 2 is 2.25 bits per heavy atom. The van der Waals surface area contributed by atoms with Crippen LogP contribution in [0.2, 0.25) is 0 Å². The van der Waals surface area contributed by atoms with E-state index in [9.17, 15) is 9.59 Å². The van der Waals surface area contributed by atoms with Crippen LogP contribution in [0.5, 0.6) is 0 Å². The summed E-state index contributed by atoms with van der Waals surface area (Å²) in [4.78, 5) is 22.6. The Kier molecular flexibility index (Phi) is 4.73. The van der Waals surface area contributed by atoms with E-state index < -0.39 is 12.0 Å². The van der Waals surface area contributed by atoms with Crippen molar-refractivity contribution in [3.8, 4) is 0 Å². The van der Waals surface area contributed by atoms with Gasteiger partial charge in [-0.2, -0.15) is 0 Å². The predicted molar refractivity (Wildman–Crippen MR) is 60.0 cm³/mol. The van der Waals surface area contributed by atoms with Crippen molar-refractivity contribution in [1.29, 1.82) is 0 Å². The van der Waals surface area contributed by atoms with Gasteiger partial charge in [-0.15, -0.1) is 0 Å². The van der Waals surface area contributed by atoms with Crippen LogP contribution in [0.15, 0.2) is 0 Å². The fourth-order valence-electron chi connectivity index (χ4n) is 1.92. The van der Waals surface area contributed by atoms with E-state index in [4.69, 9.17) is 5.11 Å². The van der Waals surface area contributed by atoms with Gasteiger partial charge < -0.3 is 15.7 Å². The van der Waals surface area contributed by atoms with E-state index in [1.165, 1.54) is 0 Å². The van der Waals surface area contributed by atoms with Crippen LogP contribution in [0.4, 0.5) is 0 Å². The Morgan fingerprint density at radius 1 is 1.56 bits per heavy atom. The molecule has 0 aromatic heterocycles. The quantitative estimate of drug-likeness (QED) is 0.649. The summed E-state index contributed by atoms with van der Waals surface area (Å²) in [5, 5.41) is 14.5. The average Bonchev–Trinajstić information content (AvgIpc) is 2.25. The van der Waals surface area contributed by atoms with Crippen LogP contribution in [0.3, 0.4) is 0 Å². The average molecular weight is 228 g/mol. The summed E-state index contributed by atoms with van der Waals surface area (Å²) in [6.07, 6.45) is 2.26. The van der Waals surface area contributed by atoms with Gasteiger partial charge in [0.15, 0.2) is 0 Å². The highest BCUT2D eigenvalue weighted by molar-refractivity contribution is 5.86. The standard InChI is InChI=1S/C11H20N2O3/c1-3-8(11(15)16)13-10(14)9-6-7(2)4-5-12-9/h7-9,12H,3-6H2,1-2H3,(H,13,14)(H,15,16). The van der Waals surface area contributed by atoms with Crippen LogP contribution in [0.1, 0.15) is 33.1 Å². The maximum absolute atomic E-state index is 11.8. The molecule has 5 heteroatoms. The van der Waals surface area contributed by atoms with E-state index in [2.05, 4.69) is 17.6 Å². The minimum atomic E-state index is -0.972. The number of aliphatic carboxylic acids is 1. The first-order valence-corrected chi connectivity index (χ1v) is 5.81. The van der Waals surface area contributed by atoms with Crippen LogP contribution in [-0.2, 0) is 9.59 Å². The Bertz CT molecular complexity index is 268. The molecule has 0 aromatic rings. The number of hydrogen-bond donors (Lipinski definition) is 3. The SMILES string of the molecule is CCC(NC(=O)C1CC(C)CCN1)C(=O)O. The minimum Gasteiger partial charge on any atom is -0.480 e. The lowest BCUT2D eigenvalue weighted by Gasteiger charge is -2.28. The van der Waals surface area contributed by atoms with Crippen molar-refractivity contribution < 1.29 is 14.7 Å². The molecule has 3 atom stereocenters. The van der Waals surface area contributed by atoms with Crippen molar-refractivity contribution >= 4 is 11.9 Å². The Labute approximate surface area is 95.6 Å². The lowest BCUT2D eigenvalue weighted by Crippen LogP contribution is -2.52. The normalized spacial score (nSPS) is 27.1. The van der Waals surface area contributed by atoms with Gasteiger partial charge in [-0.05, 0) is 31.7 Å². The van der Waals surface area contributed by atoms with E-state index >= 15 is 0 Å². The first-order valence-electron chi connectivity index (χ1n) is 5.81. The molecule has 1 aliphatic rings. The molecule has 1 heterocycles. The first kappa shape index (κ1) is 13.0. The minimum absolute atomic E-state index is 0.194. The fourth-order valence-corrected chi connectivity index (χ4v) is 1.92. The predicted octanol–water partition coefficient (Wildman–Crippen LogP) is 0.354. The molecule has 16 heavy (non-hydrogen) atoms. The number of amides is 1. The van der Waals surface area contributed by atoms with Crippen molar-refractivity contribution in [2.24, 2.45) is 5.92 Å². The number of carbonyl (C=O) groups excluding carboxylic acids is 1. The number of carboxylic acid groups (broad SMARTS) is 1. The van der Waals surface area contributed by atoms with Crippen LogP contribution in [-0.4, -0.2) is 35.6 Å². The van der Waals surface area contributed by atoms with Crippen molar-refractivity contribution in [1.82, 2.24) is 10.6 Å². The van der Waals surface area contributed by atoms with Gasteiger partial charge >= 0.3 is 5.97 Å². The summed E-state index contributed by atoms with van der Waals surface area (Å²) >= 11 is 0. The van der Waals surface area contributed by atoms with E-state index in [0.29, 0.717) is 12.3 Å². The van der Waals surface area contributed by atoms with Gasteiger partial charge in [0.25, 0.3) is 0 Å². The van der Waals surface area contributed by atoms with Gasteiger partial charge in [-0.25, -0.2) is 4.79 Å². The van der Waals surface area contributed by atoms with Crippen LogP contribution >= 0.6 is 0 Å². The number of hydrogen-bond acceptors (Lipinski definition) is 3. The highest BCUT2D eigenvalue weighted by Gasteiger charge is 2.27. The van der Waals surface area contributed by atoms with Crippen LogP contribution in [0, 0.1) is 5.92 Å². The summed E-state index contributed by atoms with van der Waals surface area (Å²) < 4.78 is 0. The third-order valence-corrected chi connectivity index (χ3v) is 3.01. The second kappa shape index (κ2) is 5.84. The highest BCUT2D eigenvalue weighted by atomic mass is 16.4. The third kappa shape index (κ3) is 3.48. The molecule has 1 rings (SSSR count). The zero-order valence-corrected chi connectivity index (χ0v) is 9.82. The molecular weight excluding hydrogens is 208 g/mol. The van der Waals surface area contributed by atoms with E-state index in [1.807, 2.05) is 0 Å². The number of carbonyl (C=O) groups is 2. The van der Waals surface area contributed by atoms with Crippen LogP contribution in [0.25, 0.3) is 0 Å². The van der Waals surface area contributed by atoms with E-state index in [0.717, 1.165) is 19.4 Å². The second-order valence-electron chi connectivity index (χ2n) is 4.44. The zero-order valence-electron chi connectivity index (χ0n) is 9.82. The second-order valence-corrected chi connectivity index (χ2v) is 4.44. The largest absolute Gasteiger partial charge is 0.480 e. The zero-order chi connectivity index (χ0) is 12.1. The summed E-state index contributed by atoms with van der Waals surface area (Å²) in [6, 6.07) is -1.01. The van der Waals surface area contributed by atoms with Gasteiger partial charge in [0.1, 0.15) is 6.04 Å². The molecule has 1 amide bonds. The van der Waals surface area contributed by atoms with Gasteiger partial charge in [-0.3, -0.25) is 4.79 Å². The Morgan fingerprint density at radius 3 is 2.75 bits per heavy atom. The van der Waals surface area contributed by atoms with Crippen molar-refractivity contribution in [2.75, 3.05) is 6.54 Å². The lowest BCUT2D eigenvalue weighted by molar-refractivity contribution is -0.142. The van der Waals surface area contributed by atoms with Crippen molar-refractivity contribution in [2.45, 2.75) is 45.2 Å². The van der Waals surface area contributed by atoms with Crippen LogP contribution < -0.4 is 10.6 Å². The molecule has 0 aromatic carbocycles. The van der Waals surface area contributed by atoms with Crippen molar-refractivity contribution in [3.63, 3.8) is 0 Å². The first-order chi connectivity index (χ1) is 7.54. The summed E-state index contributed by atoms with van der Waals surface area (Å²) in [7, 11) is 0. The lowest BCUT2D eigenvalue weighted by atomic mass is 9.94. The Balaban J connectivity index is 2.47. The fraction of sp³-hybridized carbons (Fsp3) is 0.818. The molecule has 3 unspecified atom stereocenters. The maximum atomic E-state index is 11.8. The molecule has 1 saturated heterocycles. The number of nitrogens with one attached hydrogen (secondary N) is 2. The molecule has 1 fully saturated rings. The number of carboxylic acids is 1. The monoisotopic (exact) mass is 228 g/mol. The van der Waals surface area contributed by atoms with Crippen molar-refractivity contribution in [3.05, 3.63) is 0 Å². The molecule has 0 aliphatic carbocycles.